The van der Waals surface area contributed by atoms with Crippen LogP contribution in [-0.2, 0) is 10.0 Å². The number of likely N-dealkylation sites (tertiary alicyclic amines) is 1. The van der Waals surface area contributed by atoms with Gasteiger partial charge in [-0.1, -0.05) is 18.2 Å². The molecule has 7 heteroatoms. The number of nitrogens with zero attached hydrogens (tertiary/aromatic N) is 3. The van der Waals surface area contributed by atoms with Crippen LogP contribution in [0.3, 0.4) is 0 Å². The van der Waals surface area contributed by atoms with Gasteiger partial charge in [0.1, 0.15) is 0 Å². The molecule has 2 aromatic heterocycles. The summed E-state index contributed by atoms with van der Waals surface area (Å²) >= 11 is 0. The standard InChI is InChI=1S/C20H21N3O3S/c1-15-7-3-4-8-18(15)27(25,26)23-12-9-16-13-17(14-21-19(16)23)20(24)22-10-5-2-6-11-22/h3-4,7-9,12-14H,2,5-6,10-11H2,1H3. The number of aryl methyl sites for hydroxylation is 1. The summed E-state index contributed by atoms with van der Waals surface area (Å²) < 4.78 is 27.3. The van der Waals surface area contributed by atoms with Crippen LogP contribution in [0.4, 0.5) is 0 Å². The number of pyridine rings is 1. The van der Waals surface area contributed by atoms with Gasteiger partial charge in [0, 0.05) is 30.9 Å². The Morgan fingerprint density at radius 3 is 2.56 bits per heavy atom. The Morgan fingerprint density at radius 1 is 1.07 bits per heavy atom. The minimum Gasteiger partial charge on any atom is -0.339 e. The first kappa shape index (κ1) is 17.7. The summed E-state index contributed by atoms with van der Waals surface area (Å²) in [6.45, 7) is 3.29. The van der Waals surface area contributed by atoms with Gasteiger partial charge >= 0.3 is 0 Å². The van der Waals surface area contributed by atoms with Crippen molar-refractivity contribution >= 4 is 27.0 Å². The molecule has 27 heavy (non-hydrogen) atoms. The van der Waals surface area contributed by atoms with E-state index in [-0.39, 0.29) is 10.8 Å². The molecule has 0 atom stereocenters. The molecule has 0 saturated carbocycles. The van der Waals surface area contributed by atoms with E-state index in [1.165, 1.54) is 16.4 Å². The maximum atomic E-state index is 13.0. The molecule has 0 bridgehead atoms. The fourth-order valence-electron chi connectivity index (χ4n) is 3.54. The molecule has 0 radical (unpaired) electrons. The van der Waals surface area contributed by atoms with Gasteiger partial charge in [0.05, 0.1) is 10.5 Å². The molecule has 140 valence electrons. The molecule has 1 fully saturated rings. The van der Waals surface area contributed by atoms with Crippen molar-refractivity contribution in [1.82, 2.24) is 13.9 Å². The summed E-state index contributed by atoms with van der Waals surface area (Å²) in [7, 11) is -3.75. The number of fused-ring (bicyclic) bond motifs is 1. The number of aromatic nitrogens is 2. The largest absolute Gasteiger partial charge is 0.339 e. The van der Waals surface area contributed by atoms with Crippen LogP contribution < -0.4 is 0 Å². The zero-order valence-corrected chi connectivity index (χ0v) is 15.9. The molecule has 0 spiro atoms. The predicted molar refractivity (Wildman–Crippen MR) is 103 cm³/mol. The van der Waals surface area contributed by atoms with Crippen LogP contribution in [0.15, 0.2) is 53.7 Å². The second kappa shape index (κ2) is 6.81. The van der Waals surface area contributed by atoms with Gasteiger partial charge in [-0.25, -0.2) is 17.4 Å². The molecule has 4 rings (SSSR count). The van der Waals surface area contributed by atoms with Gasteiger partial charge in [0.2, 0.25) is 0 Å². The quantitative estimate of drug-likeness (QED) is 0.696. The van der Waals surface area contributed by atoms with E-state index in [1.807, 2.05) is 4.90 Å². The van der Waals surface area contributed by atoms with E-state index >= 15 is 0 Å². The zero-order valence-electron chi connectivity index (χ0n) is 15.1. The zero-order chi connectivity index (χ0) is 19.0. The first-order valence-corrected chi connectivity index (χ1v) is 10.5. The third-order valence-electron chi connectivity index (χ3n) is 5.01. The first-order chi connectivity index (χ1) is 13.0. The Hall–Kier alpha value is -2.67. The topological polar surface area (TPSA) is 72.3 Å². The smallest absolute Gasteiger partial charge is 0.269 e. The monoisotopic (exact) mass is 383 g/mol. The normalized spacial score (nSPS) is 15.2. The molecule has 0 N–H and O–H groups in total. The highest BCUT2D eigenvalue weighted by Gasteiger charge is 2.23. The predicted octanol–water partition coefficient (Wildman–Crippen LogP) is 3.21. The summed E-state index contributed by atoms with van der Waals surface area (Å²) in [4.78, 5) is 19.1. The van der Waals surface area contributed by atoms with Crippen LogP contribution in [0.5, 0.6) is 0 Å². The molecular formula is C20H21N3O3S. The lowest BCUT2D eigenvalue weighted by atomic mass is 10.1. The maximum Gasteiger partial charge on any atom is 0.269 e. The molecule has 1 saturated heterocycles. The Balaban J connectivity index is 1.73. The van der Waals surface area contributed by atoms with E-state index in [0.29, 0.717) is 22.2 Å². The summed E-state index contributed by atoms with van der Waals surface area (Å²) in [6, 6.07) is 10.3. The molecular weight excluding hydrogens is 362 g/mol. The number of rotatable bonds is 3. The highest BCUT2D eigenvalue weighted by Crippen LogP contribution is 2.24. The van der Waals surface area contributed by atoms with Gasteiger partial charge in [0.15, 0.2) is 5.65 Å². The van der Waals surface area contributed by atoms with E-state index in [2.05, 4.69) is 4.98 Å². The van der Waals surface area contributed by atoms with E-state index in [1.54, 1.807) is 43.3 Å². The molecule has 1 aromatic carbocycles. The minimum absolute atomic E-state index is 0.0430. The molecule has 3 aromatic rings. The van der Waals surface area contributed by atoms with Crippen molar-refractivity contribution in [3.8, 4) is 0 Å². The van der Waals surface area contributed by atoms with E-state index in [9.17, 15) is 13.2 Å². The average molecular weight is 383 g/mol. The number of benzene rings is 1. The summed E-state index contributed by atoms with van der Waals surface area (Å²) in [5, 5.41) is 0.634. The fourth-order valence-corrected chi connectivity index (χ4v) is 5.08. The van der Waals surface area contributed by atoms with Crippen molar-refractivity contribution in [3.63, 3.8) is 0 Å². The molecule has 1 amide bonds. The highest BCUT2D eigenvalue weighted by atomic mass is 32.2. The highest BCUT2D eigenvalue weighted by molar-refractivity contribution is 7.90. The third kappa shape index (κ3) is 3.12. The summed E-state index contributed by atoms with van der Waals surface area (Å²) in [5.41, 5.74) is 1.50. The Labute approximate surface area is 158 Å². The van der Waals surface area contributed by atoms with Gasteiger partial charge in [0.25, 0.3) is 15.9 Å². The second-order valence-electron chi connectivity index (χ2n) is 6.87. The number of hydrogen-bond donors (Lipinski definition) is 0. The van der Waals surface area contributed by atoms with Crippen LogP contribution in [0.1, 0.15) is 35.2 Å². The van der Waals surface area contributed by atoms with Gasteiger partial charge in [-0.05, 0) is 49.9 Å². The first-order valence-electron chi connectivity index (χ1n) is 9.06. The van der Waals surface area contributed by atoms with E-state index in [0.717, 1.165) is 32.4 Å². The van der Waals surface area contributed by atoms with Crippen LogP contribution in [-0.4, -0.2) is 41.3 Å². The van der Waals surface area contributed by atoms with Gasteiger partial charge in [-0.2, -0.15) is 0 Å². The number of carbonyl (C=O) groups excluding carboxylic acids is 1. The number of piperidine rings is 1. The molecule has 6 nitrogen and oxygen atoms in total. The molecule has 1 aliphatic rings. The fraction of sp³-hybridized carbons (Fsp3) is 0.300. The van der Waals surface area contributed by atoms with Crippen LogP contribution >= 0.6 is 0 Å². The Morgan fingerprint density at radius 2 is 1.81 bits per heavy atom. The van der Waals surface area contributed by atoms with Gasteiger partial charge in [-0.15, -0.1) is 0 Å². The van der Waals surface area contributed by atoms with Crippen molar-refractivity contribution in [2.24, 2.45) is 0 Å². The van der Waals surface area contributed by atoms with Crippen LogP contribution in [0, 0.1) is 6.92 Å². The van der Waals surface area contributed by atoms with E-state index in [4.69, 9.17) is 0 Å². The molecule has 3 heterocycles. The van der Waals surface area contributed by atoms with Crippen molar-refractivity contribution < 1.29 is 13.2 Å². The van der Waals surface area contributed by atoms with Gasteiger partial charge in [-0.3, -0.25) is 4.79 Å². The van der Waals surface area contributed by atoms with E-state index < -0.39 is 10.0 Å². The lowest BCUT2D eigenvalue weighted by Gasteiger charge is -2.26. The van der Waals surface area contributed by atoms with Crippen LogP contribution in [0.25, 0.3) is 11.0 Å². The Kier molecular flexibility index (Phi) is 4.47. The minimum atomic E-state index is -3.75. The lowest BCUT2D eigenvalue weighted by Crippen LogP contribution is -2.35. The van der Waals surface area contributed by atoms with Crippen molar-refractivity contribution in [2.45, 2.75) is 31.1 Å². The molecule has 0 aliphatic carbocycles. The second-order valence-corrected chi connectivity index (χ2v) is 8.66. The third-order valence-corrected chi connectivity index (χ3v) is 6.84. The summed E-state index contributed by atoms with van der Waals surface area (Å²) in [6.07, 6.45) is 6.16. The number of amides is 1. The number of hydrogen-bond acceptors (Lipinski definition) is 4. The molecule has 1 aliphatic heterocycles. The van der Waals surface area contributed by atoms with Crippen molar-refractivity contribution in [2.75, 3.05) is 13.1 Å². The SMILES string of the molecule is Cc1ccccc1S(=O)(=O)n1ccc2cc(C(=O)N3CCCCC3)cnc21. The average Bonchev–Trinajstić information content (AvgIpc) is 3.12. The van der Waals surface area contributed by atoms with Gasteiger partial charge < -0.3 is 4.90 Å². The number of carbonyl (C=O) groups is 1. The van der Waals surface area contributed by atoms with Crippen molar-refractivity contribution in [1.29, 1.82) is 0 Å². The van der Waals surface area contributed by atoms with Crippen LogP contribution in [0.2, 0.25) is 0 Å². The summed E-state index contributed by atoms with van der Waals surface area (Å²) in [5.74, 6) is -0.0430. The van der Waals surface area contributed by atoms with Crippen molar-refractivity contribution in [3.05, 3.63) is 59.9 Å². The Bertz CT molecular complexity index is 1110. The maximum absolute atomic E-state index is 13.0. The molecule has 0 unspecified atom stereocenters. The lowest BCUT2D eigenvalue weighted by molar-refractivity contribution is 0.0724.